The molecule has 1 saturated heterocycles. The second-order valence-electron chi connectivity index (χ2n) is 7.40. The lowest BCUT2D eigenvalue weighted by atomic mass is 9.92. The maximum Gasteiger partial charge on any atom is 0.267 e. The molecule has 0 unspecified atom stereocenters. The Kier molecular flexibility index (Phi) is 4.44. The number of hydrogen-bond donors (Lipinski definition) is 2. The number of carbonyl (C=O) groups excluding carboxylic acids is 1. The Labute approximate surface area is 168 Å². The lowest BCUT2D eigenvalue weighted by Crippen LogP contribution is -2.40. The van der Waals surface area contributed by atoms with Gasteiger partial charge in [-0.3, -0.25) is 4.79 Å². The highest BCUT2D eigenvalue weighted by atomic mass is 16.3. The van der Waals surface area contributed by atoms with Gasteiger partial charge < -0.3 is 15.7 Å². The molecule has 0 bridgehead atoms. The molecule has 0 saturated carbocycles. The van der Waals surface area contributed by atoms with Crippen molar-refractivity contribution in [1.29, 1.82) is 0 Å². The topological polar surface area (TPSA) is 105 Å². The molecule has 7 heteroatoms. The molecule has 146 valence electrons. The van der Waals surface area contributed by atoms with Crippen LogP contribution in [0.5, 0.6) is 0 Å². The van der Waals surface area contributed by atoms with Gasteiger partial charge in [0.15, 0.2) is 5.82 Å². The Morgan fingerprint density at radius 2 is 2.03 bits per heavy atom. The zero-order chi connectivity index (χ0) is 20.8. The first-order valence-electron chi connectivity index (χ1n) is 9.30. The molecule has 1 amide bonds. The number of nitrogens with zero attached hydrogens (tertiary/aromatic N) is 4. The van der Waals surface area contributed by atoms with Crippen LogP contribution in [0, 0.1) is 24.7 Å². The summed E-state index contributed by atoms with van der Waals surface area (Å²) in [4.78, 5) is 26.9. The molecule has 0 radical (unpaired) electrons. The van der Waals surface area contributed by atoms with Crippen molar-refractivity contribution in [2.24, 2.45) is 5.92 Å². The summed E-state index contributed by atoms with van der Waals surface area (Å²) in [5.41, 5.74) is 7.82. The summed E-state index contributed by atoms with van der Waals surface area (Å²) in [7, 11) is 1.67. The molecule has 29 heavy (non-hydrogen) atoms. The van der Waals surface area contributed by atoms with E-state index in [-0.39, 0.29) is 11.8 Å². The summed E-state index contributed by atoms with van der Waals surface area (Å²) < 4.78 is 0. The average molecular weight is 387 g/mol. The zero-order valence-electron chi connectivity index (χ0n) is 16.5. The molecule has 2 atom stereocenters. The Bertz CT molecular complexity index is 1200. The van der Waals surface area contributed by atoms with Gasteiger partial charge in [-0.05, 0) is 31.2 Å². The van der Waals surface area contributed by atoms with Crippen molar-refractivity contribution in [3.63, 3.8) is 0 Å². The van der Waals surface area contributed by atoms with Gasteiger partial charge in [0, 0.05) is 30.6 Å². The van der Waals surface area contributed by atoms with Crippen molar-refractivity contribution in [3.8, 4) is 23.1 Å². The van der Waals surface area contributed by atoms with E-state index in [1.165, 1.54) is 4.90 Å². The molecule has 1 aliphatic rings. The maximum absolute atomic E-state index is 12.3. The van der Waals surface area contributed by atoms with Gasteiger partial charge in [-0.15, -0.1) is 0 Å². The smallest absolute Gasteiger partial charge is 0.267 e. The molecule has 7 nitrogen and oxygen atoms in total. The lowest BCUT2D eigenvalue weighted by Gasteiger charge is -2.17. The Hall–Kier alpha value is -3.50. The molecular formula is C22H21N5O2. The van der Waals surface area contributed by atoms with Crippen LogP contribution in [0.4, 0.5) is 5.82 Å². The van der Waals surface area contributed by atoms with Gasteiger partial charge in [0.2, 0.25) is 5.60 Å². The minimum atomic E-state index is -1.66. The summed E-state index contributed by atoms with van der Waals surface area (Å²) in [5.74, 6) is 6.04. The van der Waals surface area contributed by atoms with Gasteiger partial charge in [0.05, 0.1) is 11.2 Å². The number of fused-ring (bicyclic) bond motifs is 1. The number of aliphatic hydroxyl groups is 1. The minimum Gasteiger partial charge on any atom is -0.382 e. The zero-order valence-corrected chi connectivity index (χ0v) is 16.5. The predicted molar refractivity (Wildman–Crippen MR) is 111 cm³/mol. The normalized spacial score (nSPS) is 21.3. The van der Waals surface area contributed by atoms with E-state index in [4.69, 9.17) is 5.73 Å². The number of benzene rings is 1. The molecule has 4 rings (SSSR count). The highest BCUT2D eigenvalue weighted by molar-refractivity contribution is 5.91. The lowest BCUT2D eigenvalue weighted by molar-refractivity contribution is -0.138. The second kappa shape index (κ2) is 6.83. The van der Waals surface area contributed by atoms with Gasteiger partial charge in [0.1, 0.15) is 11.3 Å². The number of nitrogens with two attached hydrogens (primary N) is 1. The van der Waals surface area contributed by atoms with Crippen LogP contribution in [0.25, 0.3) is 22.3 Å². The van der Waals surface area contributed by atoms with Crippen LogP contribution in [0.3, 0.4) is 0 Å². The number of rotatable bonds is 1. The number of pyridine rings is 1. The summed E-state index contributed by atoms with van der Waals surface area (Å²) in [6, 6.07) is 11.2. The number of aryl methyl sites for hydroxylation is 1. The molecule has 2 aromatic heterocycles. The summed E-state index contributed by atoms with van der Waals surface area (Å²) >= 11 is 0. The van der Waals surface area contributed by atoms with Crippen molar-refractivity contribution in [3.05, 3.63) is 47.8 Å². The molecule has 3 aromatic rings. The van der Waals surface area contributed by atoms with Crippen molar-refractivity contribution in [2.45, 2.75) is 19.4 Å². The molecule has 1 aromatic carbocycles. The number of anilines is 1. The average Bonchev–Trinajstić information content (AvgIpc) is 2.89. The first-order chi connectivity index (χ1) is 13.8. The van der Waals surface area contributed by atoms with Gasteiger partial charge in [-0.1, -0.05) is 30.9 Å². The van der Waals surface area contributed by atoms with E-state index in [9.17, 15) is 9.90 Å². The Morgan fingerprint density at radius 3 is 2.76 bits per heavy atom. The van der Waals surface area contributed by atoms with Crippen LogP contribution in [0.15, 0.2) is 36.4 Å². The van der Waals surface area contributed by atoms with Gasteiger partial charge in [0.25, 0.3) is 5.91 Å². The first-order valence-corrected chi connectivity index (χ1v) is 9.30. The molecule has 0 spiro atoms. The van der Waals surface area contributed by atoms with Crippen molar-refractivity contribution < 1.29 is 9.90 Å². The number of amides is 1. The fourth-order valence-corrected chi connectivity index (χ4v) is 3.55. The minimum absolute atomic E-state index is 0.260. The number of carbonyl (C=O) groups is 1. The highest BCUT2D eigenvalue weighted by Gasteiger charge is 2.48. The first kappa shape index (κ1) is 18.8. The highest BCUT2D eigenvalue weighted by Crippen LogP contribution is 2.28. The van der Waals surface area contributed by atoms with Crippen molar-refractivity contribution in [1.82, 2.24) is 19.9 Å². The molecule has 0 aliphatic carbocycles. The number of nitrogen functional groups attached to an aromatic ring is 1. The Balaban J connectivity index is 1.71. The van der Waals surface area contributed by atoms with E-state index in [1.54, 1.807) is 14.0 Å². The van der Waals surface area contributed by atoms with Crippen LogP contribution < -0.4 is 5.73 Å². The van der Waals surface area contributed by atoms with Gasteiger partial charge in [-0.2, -0.15) is 0 Å². The summed E-state index contributed by atoms with van der Waals surface area (Å²) in [6.07, 6.45) is 0. The standard InChI is InChI=1S/C22H21N5O2/c1-13-12-27(3)21(28)22(13,29)10-9-15-5-4-6-16(11-15)17-7-8-18-19(26-17)20(23)25-14(2)24-18/h4-8,11,13,29H,12H2,1-3H3,(H2,23,24,25)/t13-,22+/m1/s1. The fraction of sp³-hybridized carbons (Fsp3) is 0.273. The van der Waals surface area contributed by atoms with Gasteiger partial charge >= 0.3 is 0 Å². The van der Waals surface area contributed by atoms with Crippen molar-refractivity contribution >= 4 is 22.8 Å². The third kappa shape index (κ3) is 3.28. The summed E-state index contributed by atoms with van der Waals surface area (Å²) in [5, 5.41) is 10.7. The fourth-order valence-electron chi connectivity index (χ4n) is 3.55. The molecule has 1 aliphatic heterocycles. The van der Waals surface area contributed by atoms with E-state index in [0.29, 0.717) is 40.5 Å². The summed E-state index contributed by atoms with van der Waals surface area (Å²) in [6.45, 7) is 4.08. The van der Waals surface area contributed by atoms with E-state index in [2.05, 4.69) is 26.8 Å². The molecule has 1 fully saturated rings. The van der Waals surface area contributed by atoms with Crippen LogP contribution in [0.1, 0.15) is 18.3 Å². The number of hydrogen-bond acceptors (Lipinski definition) is 6. The third-order valence-electron chi connectivity index (χ3n) is 5.17. The number of likely N-dealkylation sites (N-methyl/N-ethyl adjacent to an activating group) is 1. The van der Waals surface area contributed by atoms with Crippen molar-refractivity contribution in [2.75, 3.05) is 19.3 Å². The number of aromatic nitrogens is 3. The molecule has 3 N–H and O–H groups in total. The molecule has 3 heterocycles. The number of likely N-dealkylation sites (tertiary alicyclic amines) is 1. The second-order valence-corrected chi connectivity index (χ2v) is 7.40. The van der Waals surface area contributed by atoms with E-state index < -0.39 is 5.60 Å². The predicted octanol–water partition coefficient (Wildman–Crippen LogP) is 1.77. The van der Waals surface area contributed by atoms with Crippen LogP contribution in [-0.2, 0) is 4.79 Å². The Morgan fingerprint density at radius 1 is 1.24 bits per heavy atom. The monoisotopic (exact) mass is 387 g/mol. The third-order valence-corrected chi connectivity index (χ3v) is 5.17. The van der Waals surface area contributed by atoms with Crippen LogP contribution >= 0.6 is 0 Å². The van der Waals surface area contributed by atoms with E-state index in [0.717, 1.165) is 5.56 Å². The van der Waals surface area contributed by atoms with E-state index in [1.807, 2.05) is 43.3 Å². The SMILES string of the molecule is Cc1nc(N)c2nc(-c3cccc(C#C[C@@]4(O)C(=O)N(C)C[C@H]4C)c3)ccc2n1. The van der Waals surface area contributed by atoms with Gasteiger partial charge in [-0.25, -0.2) is 15.0 Å². The largest absolute Gasteiger partial charge is 0.382 e. The van der Waals surface area contributed by atoms with Crippen LogP contribution in [-0.4, -0.2) is 50.1 Å². The van der Waals surface area contributed by atoms with Crippen LogP contribution in [0.2, 0.25) is 0 Å². The quantitative estimate of drug-likeness (QED) is 0.617. The molecular weight excluding hydrogens is 366 g/mol. The maximum atomic E-state index is 12.3. The van der Waals surface area contributed by atoms with E-state index >= 15 is 0 Å².